The second-order valence-corrected chi connectivity index (χ2v) is 5.64. The zero-order valence-corrected chi connectivity index (χ0v) is 14.6. The Morgan fingerprint density at radius 3 is 2.54 bits per heavy atom. The zero-order chi connectivity index (χ0) is 20.3. The topological polar surface area (TPSA) is 152 Å². The van der Waals surface area contributed by atoms with E-state index in [0.29, 0.717) is 11.3 Å². The minimum atomic E-state index is -0.742. The van der Waals surface area contributed by atoms with Gasteiger partial charge < -0.3 is 10.5 Å². The zero-order valence-electron chi connectivity index (χ0n) is 14.6. The maximum absolute atomic E-state index is 11.3. The van der Waals surface area contributed by atoms with Crippen molar-refractivity contribution >= 4 is 23.5 Å². The van der Waals surface area contributed by atoms with Crippen molar-refractivity contribution < 1.29 is 14.6 Å². The highest BCUT2D eigenvalue weighted by atomic mass is 16.6. The molecule has 0 aliphatic rings. The summed E-state index contributed by atoms with van der Waals surface area (Å²) in [7, 11) is 0. The van der Waals surface area contributed by atoms with Gasteiger partial charge in [0.15, 0.2) is 0 Å². The number of aryl methyl sites for hydroxylation is 1. The largest absolute Gasteiger partial charge is 0.449 e. The summed E-state index contributed by atoms with van der Waals surface area (Å²) < 4.78 is 7.02. The van der Waals surface area contributed by atoms with E-state index in [1.807, 2.05) is 0 Å². The Balaban J connectivity index is 1.95. The van der Waals surface area contributed by atoms with E-state index >= 15 is 0 Å². The van der Waals surface area contributed by atoms with Crippen LogP contribution in [0.5, 0.6) is 11.5 Å². The first-order chi connectivity index (χ1) is 13.3. The number of nitrogens with two attached hydrogens (primary N) is 1. The van der Waals surface area contributed by atoms with E-state index in [4.69, 9.17) is 10.5 Å². The molecule has 1 heterocycles. The van der Waals surface area contributed by atoms with Crippen molar-refractivity contribution in [2.24, 2.45) is 5.10 Å². The van der Waals surface area contributed by atoms with Crippen molar-refractivity contribution in [3.63, 3.8) is 0 Å². The number of rotatable bonds is 6. The predicted molar refractivity (Wildman–Crippen MR) is 101 cm³/mol. The van der Waals surface area contributed by atoms with Crippen LogP contribution in [0.25, 0.3) is 0 Å². The highest BCUT2D eigenvalue weighted by Crippen LogP contribution is 2.35. The Kier molecular flexibility index (Phi) is 4.98. The molecule has 11 nitrogen and oxygen atoms in total. The summed E-state index contributed by atoms with van der Waals surface area (Å²) in [5, 5.41) is 26.3. The molecule has 1 aromatic heterocycles. The molecule has 0 aliphatic heterocycles. The number of para-hydroxylation sites is 1. The third kappa shape index (κ3) is 3.93. The van der Waals surface area contributed by atoms with Crippen molar-refractivity contribution in [3.05, 3.63) is 80.1 Å². The van der Waals surface area contributed by atoms with Crippen LogP contribution in [-0.2, 0) is 0 Å². The first kappa shape index (κ1) is 18.5. The number of nitrogen functional groups attached to an aromatic ring is 1. The van der Waals surface area contributed by atoms with Crippen LogP contribution >= 0.6 is 0 Å². The van der Waals surface area contributed by atoms with Crippen LogP contribution in [0.2, 0.25) is 0 Å². The summed E-state index contributed by atoms with van der Waals surface area (Å²) in [4.78, 5) is 24.7. The molecule has 11 heteroatoms. The Labute approximate surface area is 158 Å². The van der Waals surface area contributed by atoms with Crippen LogP contribution in [0.4, 0.5) is 17.3 Å². The van der Waals surface area contributed by atoms with E-state index in [1.54, 1.807) is 37.4 Å². The van der Waals surface area contributed by atoms with Crippen molar-refractivity contribution in [1.29, 1.82) is 0 Å². The number of anilines is 1. The van der Waals surface area contributed by atoms with Crippen molar-refractivity contribution in [2.45, 2.75) is 6.92 Å². The van der Waals surface area contributed by atoms with Crippen LogP contribution in [0.1, 0.15) is 11.3 Å². The molecule has 2 N–H and O–H groups in total. The van der Waals surface area contributed by atoms with Crippen molar-refractivity contribution in [2.75, 3.05) is 5.73 Å². The lowest BCUT2D eigenvalue weighted by atomic mass is 10.2. The third-order valence-electron chi connectivity index (χ3n) is 3.64. The van der Waals surface area contributed by atoms with Crippen LogP contribution in [0, 0.1) is 27.2 Å². The highest BCUT2D eigenvalue weighted by molar-refractivity contribution is 5.83. The molecular weight excluding hydrogens is 368 g/mol. The number of nitro groups is 2. The fraction of sp³-hybridized carbons (Fsp3) is 0.0588. The SMILES string of the molecule is Cc1cn(N=Cc2ccccc2Oc2ccc([N+](=O)[O-])cc2[N+](=O)[O-])c(N)n1. The summed E-state index contributed by atoms with van der Waals surface area (Å²) in [5.74, 6) is 0.353. The molecule has 0 spiro atoms. The number of benzene rings is 2. The number of nitrogens with zero attached hydrogens (tertiary/aromatic N) is 5. The van der Waals surface area contributed by atoms with Gasteiger partial charge in [0.2, 0.25) is 11.7 Å². The minimum Gasteiger partial charge on any atom is -0.449 e. The number of aromatic nitrogens is 2. The van der Waals surface area contributed by atoms with Gasteiger partial charge in [-0.05, 0) is 25.1 Å². The molecule has 0 amide bonds. The molecule has 0 fully saturated rings. The van der Waals surface area contributed by atoms with Crippen LogP contribution in [-0.4, -0.2) is 25.7 Å². The van der Waals surface area contributed by atoms with Crippen LogP contribution in [0.15, 0.2) is 53.8 Å². The van der Waals surface area contributed by atoms with Gasteiger partial charge in [0.05, 0.1) is 34.0 Å². The van der Waals surface area contributed by atoms with Gasteiger partial charge in [-0.15, -0.1) is 0 Å². The first-order valence-electron chi connectivity index (χ1n) is 7.90. The van der Waals surface area contributed by atoms with Gasteiger partial charge in [-0.2, -0.15) is 5.10 Å². The Bertz CT molecular complexity index is 1090. The average molecular weight is 382 g/mol. The molecule has 0 aliphatic carbocycles. The summed E-state index contributed by atoms with van der Waals surface area (Å²) in [6.07, 6.45) is 3.10. The van der Waals surface area contributed by atoms with E-state index < -0.39 is 21.2 Å². The molecule has 3 aromatic rings. The monoisotopic (exact) mass is 382 g/mol. The Morgan fingerprint density at radius 2 is 1.89 bits per heavy atom. The molecule has 0 radical (unpaired) electrons. The maximum Gasteiger partial charge on any atom is 0.318 e. The summed E-state index contributed by atoms with van der Waals surface area (Å²) in [6, 6.07) is 9.86. The second-order valence-electron chi connectivity index (χ2n) is 5.64. The average Bonchev–Trinajstić information content (AvgIpc) is 2.98. The molecule has 0 saturated carbocycles. The standard InChI is InChI=1S/C17H14N6O5/c1-11-10-21(17(18)20-11)19-9-12-4-2-3-5-15(12)28-16-7-6-13(22(24)25)8-14(16)23(26)27/h2-10H,1H3,(H2,18,20). The molecule has 28 heavy (non-hydrogen) atoms. The molecule has 3 rings (SSSR count). The highest BCUT2D eigenvalue weighted by Gasteiger charge is 2.21. The van der Waals surface area contributed by atoms with Crippen LogP contribution < -0.4 is 10.5 Å². The molecule has 0 saturated heterocycles. The molecular formula is C17H14N6O5. The van der Waals surface area contributed by atoms with Gasteiger partial charge in [0, 0.05) is 11.6 Å². The number of non-ortho nitro benzene ring substituents is 1. The fourth-order valence-corrected chi connectivity index (χ4v) is 2.37. The van der Waals surface area contributed by atoms with E-state index in [0.717, 1.165) is 12.1 Å². The maximum atomic E-state index is 11.3. The Hall–Kier alpha value is -4.28. The smallest absolute Gasteiger partial charge is 0.318 e. The molecule has 0 atom stereocenters. The number of ether oxygens (including phenoxy) is 1. The van der Waals surface area contributed by atoms with E-state index in [-0.39, 0.29) is 17.4 Å². The van der Waals surface area contributed by atoms with Gasteiger partial charge in [-0.3, -0.25) is 20.2 Å². The van der Waals surface area contributed by atoms with Gasteiger partial charge in [-0.25, -0.2) is 9.66 Å². The van der Waals surface area contributed by atoms with Gasteiger partial charge in [0.25, 0.3) is 5.69 Å². The summed E-state index contributed by atoms with van der Waals surface area (Å²) >= 11 is 0. The number of hydrogen-bond donors (Lipinski definition) is 1. The number of imidazole rings is 1. The normalized spacial score (nSPS) is 10.9. The molecule has 2 aromatic carbocycles. The van der Waals surface area contributed by atoms with Gasteiger partial charge >= 0.3 is 5.69 Å². The summed E-state index contributed by atoms with van der Waals surface area (Å²) in [6.45, 7) is 1.77. The second kappa shape index (κ2) is 7.53. The minimum absolute atomic E-state index is 0.130. The summed E-state index contributed by atoms with van der Waals surface area (Å²) in [5.41, 5.74) is 6.02. The first-order valence-corrected chi connectivity index (χ1v) is 7.90. The van der Waals surface area contributed by atoms with Gasteiger partial charge in [-0.1, -0.05) is 12.1 Å². The quantitative estimate of drug-likeness (QED) is 0.390. The van der Waals surface area contributed by atoms with E-state index in [9.17, 15) is 20.2 Å². The molecule has 0 bridgehead atoms. The van der Waals surface area contributed by atoms with Gasteiger partial charge in [0.1, 0.15) is 5.75 Å². The third-order valence-corrected chi connectivity index (χ3v) is 3.64. The molecule has 0 unspecified atom stereocenters. The number of hydrogen-bond acceptors (Lipinski definition) is 8. The van der Waals surface area contributed by atoms with E-state index in [2.05, 4.69) is 10.1 Å². The lowest BCUT2D eigenvalue weighted by Crippen LogP contribution is -1.99. The fourth-order valence-electron chi connectivity index (χ4n) is 2.37. The lowest BCUT2D eigenvalue weighted by molar-refractivity contribution is -0.394. The predicted octanol–water partition coefficient (Wildman–Crippen LogP) is 3.26. The number of nitro benzene ring substituents is 2. The lowest BCUT2D eigenvalue weighted by Gasteiger charge is -2.09. The van der Waals surface area contributed by atoms with Crippen LogP contribution in [0.3, 0.4) is 0 Å². The van der Waals surface area contributed by atoms with Crippen molar-refractivity contribution in [3.8, 4) is 11.5 Å². The van der Waals surface area contributed by atoms with E-state index in [1.165, 1.54) is 17.0 Å². The molecule has 142 valence electrons. The van der Waals surface area contributed by atoms with Crippen molar-refractivity contribution in [1.82, 2.24) is 9.66 Å². The Morgan fingerprint density at radius 1 is 1.14 bits per heavy atom.